The Bertz CT molecular complexity index is 760. The Labute approximate surface area is 161 Å². The van der Waals surface area contributed by atoms with Crippen LogP contribution >= 0.6 is 11.3 Å². The first-order valence-corrected chi connectivity index (χ1v) is 10.8. The number of carbonyl (C=O) groups excluding carboxylic acids is 1. The molecule has 0 atom stereocenters. The highest BCUT2D eigenvalue weighted by atomic mass is 32.1. The minimum atomic E-state index is 0.182. The lowest BCUT2D eigenvalue weighted by Gasteiger charge is -2.26. The largest absolute Gasteiger partial charge is 0.302 e. The van der Waals surface area contributed by atoms with Gasteiger partial charge in [-0.25, -0.2) is 4.98 Å². The molecule has 1 aliphatic carbocycles. The van der Waals surface area contributed by atoms with Crippen molar-refractivity contribution in [2.45, 2.75) is 53.4 Å². The van der Waals surface area contributed by atoms with Crippen LogP contribution in [0, 0.1) is 19.8 Å². The van der Waals surface area contributed by atoms with Gasteiger partial charge in [0.2, 0.25) is 5.91 Å². The summed E-state index contributed by atoms with van der Waals surface area (Å²) in [7, 11) is 0. The van der Waals surface area contributed by atoms with Crippen LogP contribution in [0.4, 0.5) is 5.13 Å². The van der Waals surface area contributed by atoms with Crippen LogP contribution in [0.2, 0.25) is 0 Å². The summed E-state index contributed by atoms with van der Waals surface area (Å²) in [6, 6.07) is 4.29. The molecule has 1 fully saturated rings. The first kappa shape index (κ1) is 19.3. The van der Waals surface area contributed by atoms with E-state index in [0.29, 0.717) is 0 Å². The van der Waals surface area contributed by atoms with Crippen molar-refractivity contribution in [3.8, 4) is 0 Å². The maximum absolute atomic E-state index is 13.2. The van der Waals surface area contributed by atoms with Crippen molar-refractivity contribution in [3.63, 3.8) is 0 Å². The highest BCUT2D eigenvalue weighted by molar-refractivity contribution is 7.22. The first-order chi connectivity index (χ1) is 12.5. The number of fused-ring (bicyclic) bond motifs is 1. The molecule has 1 saturated carbocycles. The molecule has 0 radical (unpaired) electrons. The lowest BCUT2D eigenvalue weighted by Crippen LogP contribution is -2.41. The molecule has 0 saturated heterocycles. The van der Waals surface area contributed by atoms with Gasteiger partial charge in [-0.05, 0) is 57.0 Å². The molecule has 0 aliphatic heterocycles. The fourth-order valence-corrected chi connectivity index (χ4v) is 4.86. The fraction of sp³-hybridized carbons (Fsp3) is 0.619. The number of benzene rings is 1. The molecule has 0 N–H and O–H groups in total. The van der Waals surface area contributed by atoms with Gasteiger partial charge in [0.25, 0.3) is 0 Å². The number of anilines is 1. The van der Waals surface area contributed by atoms with Gasteiger partial charge in [0.1, 0.15) is 0 Å². The zero-order valence-electron chi connectivity index (χ0n) is 16.5. The number of thiazole rings is 1. The smallest absolute Gasteiger partial charge is 0.231 e. The Balaban J connectivity index is 1.91. The minimum Gasteiger partial charge on any atom is -0.302 e. The van der Waals surface area contributed by atoms with E-state index in [-0.39, 0.29) is 11.8 Å². The quantitative estimate of drug-likeness (QED) is 0.701. The number of carbonyl (C=O) groups is 1. The molecule has 2 aromatic rings. The number of likely N-dealkylation sites (N-methyl/N-ethyl adjacent to an activating group) is 1. The van der Waals surface area contributed by atoms with Gasteiger partial charge in [-0.15, -0.1) is 0 Å². The number of aromatic nitrogens is 1. The van der Waals surface area contributed by atoms with Crippen LogP contribution in [0.5, 0.6) is 0 Å². The van der Waals surface area contributed by atoms with Crippen LogP contribution in [0.15, 0.2) is 12.1 Å². The SMILES string of the molecule is CCN(CC)CCN(C(=O)C1CCCC1)c1nc2c(C)c(C)ccc2s1. The summed E-state index contributed by atoms with van der Waals surface area (Å²) in [4.78, 5) is 22.5. The molecule has 1 heterocycles. The van der Waals surface area contributed by atoms with Gasteiger partial charge in [-0.1, -0.05) is 44.1 Å². The third kappa shape index (κ3) is 3.94. The number of rotatable bonds is 7. The van der Waals surface area contributed by atoms with Crippen molar-refractivity contribution in [1.82, 2.24) is 9.88 Å². The van der Waals surface area contributed by atoms with Crippen molar-refractivity contribution in [3.05, 3.63) is 23.3 Å². The van der Waals surface area contributed by atoms with E-state index >= 15 is 0 Å². The van der Waals surface area contributed by atoms with Crippen molar-refractivity contribution in [2.75, 3.05) is 31.1 Å². The predicted molar refractivity (Wildman–Crippen MR) is 111 cm³/mol. The first-order valence-electron chi connectivity index (χ1n) is 9.95. The normalized spacial score (nSPS) is 15.3. The second kappa shape index (κ2) is 8.49. The zero-order valence-corrected chi connectivity index (χ0v) is 17.4. The summed E-state index contributed by atoms with van der Waals surface area (Å²) in [6.07, 6.45) is 4.42. The lowest BCUT2D eigenvalue weighted by atomic mass is 10.1. The Kier molecular flexibility index (Phi) is 6.30. The molecule has 1 aromatic carbocycles. The van der Waals surface area contributed by atoms with E-state index in [4.69, 9.17) is 4.98 Å². The van der Waals surface area contributed by atoms with Crippen molar-refractivity contribution in [2.24, 2.45) is 5.92 Å². The van der Waals surface area contributed by atoms with E-state index in [0.717, 1.165) is 49.7 Å². The van der Waals surface area contributed by atoms with Crippen molar-refractivity contribution < 1.29 is 4.79 Å². The molecule has 3 rings (SSSR count). The zero-order chi connectivity index (χ0) is 18.7. The lowest BCUT2D eigenvalue weighted by molar-refractivity contribution is -0.122. The average Bonchev–Trinajstić information content (AvgIpc) is 3.31. The highest BCUT2D eigenvalue weighted by Crippen LogP contribution is 2.34. The number of aryl methyl sites for hydroxylation is 2. The molecule has 4 nitrogen and oxygen atoms in total. The van der Waals surface area contributed by atoms with E-state index < -0.39 is 0 Å². The maximum Gasteiger partial charge on any atom is 0.231 e. The fourth-order valence-electron chi connectivity index (χ4n) is 3.80. The molecule has 0 bridgehead atoms. The van der Waals surface area contributed by atoms with E-state index in [2.05, 4.69) is 44.7 Å². The number of nitrogens with zero attached hydrogens (tertiary/aromatic N) is 3. The predicted octanol–water partition coefficient (Wildman–Crippen LogP) is 4.78. The van der Waals surface area contributed by atoms with Gasteiger partial charge in [0, 0.05) is 19.0 Å². The van der Waals surface area contributed by atoms with Crippen LogP contribution in [-0.2, 0) is 4.79 Å². The van der Waals surface area contributed by atoms with Gasteiger partial charge in [-0.3, -0.25) is 9.69 Å². The monoisotopic (exact) mass is 373 g/mol. The van der Waals surface area contributed by atoms with Crippen molar-refractivity contribution >= 4 is 32.6 Å². The van der Waals surface area contributed by atoms with Crippen LogP contribution < -0.4 is 4.90 Å². The second-order valence-corrected chi connectivity index (χ2v) is 8.36. The Morgan fingerprint density at radius 2 is 1.85 bits per heavy atom. The molecule has 1 amide bonds. The van der Waals surface area contributed by atoms with Crippen LogP contribution in [0.3, 0.4) is 0 Å². The summed E-state index contributed by atoms with van der Waals surface area (Å²) in [6.45, 7) is 12.3. The van der Waals surface area contributed by atoms with Crippen molar-refractivity contribution in [1.29, 1.82) is 0 Å². The minimum absolute atomic E-state index is 0.182. The highest BCUT2D eigenvalue weighted by Gasteiger charge is 2.30. The topological polar surface area (TPSA) is 36.4 Å². The summed E-state index contributed by atoms with van der Waals surface area (Å²) in [5.74, 6) is 0.463. The Morgan fingerprint density at radius 3 is 2.50 bits per heavy atom. The molecule has 5 heteroatoms. The third-order valence-corrected chi connectivity index (χ3v) is 6.85. The van der Waals surface area contributed by atoms with Crippen LogP contribution in [0.1, 0.15) is 50.7 Å². The van der Waals surface area contributed by atoms with E-state index in [9.17, 15) is 4.79 Å². The second-order valence-electron chi connectivity index (χ2n) is 7.35. The van der Waals surface area contributed by atoms with E-state index in [1.165, 1.54) is 28.7 Å². The third-order valence-electron chi connectivity index (χ3n) is 5.81. The summed E-state index contributed by atoms with van der Waals surface area (Å²) in [5, 5.41) is 0.873. The summed E-state index contributed by atoms with van der Waals surface area (Å²) < 4.78 is 1.18. The van der Waals surface area contributed by atoms with Gasteiger partial charge < -0.3 is 4.90 Å². The Morgan fingerprint density at radius 1 is 1.15 bits per heavy atom. The van der Waals surface area contributed by atoms with Crippen LogP contribution in [0.25, 0.3) is 10.2 Å². The molecule has 26 heavy (non-hydrogen) atoms. The van der Waals surface area contributed by atoms with E-state index in [1.54, 1.807) is 11.3 Å². The van der Waals surface area contributed by atoms with E-state index in [1.807, 2.05) is 4.90 Å². The van der Waals surface area contributed by atoms with Gasteiger partial charge in [-0.2, -0.15) is 0 Å². The molecular weight excluding hydrogens is 342 g/mol. The standard InChI is InChI=1S/C21H31N3OS/c1-5-23(6-2)13-14-24(20(25)17-9-7-8-10-17)21-22-19-16(4)15(3)11-12-18(19)26-21/h11-12,17H,5-10,13-14H2,1-4H3. The molecule has 0 unspecified atom stereocenters. The molecule has 1 aromatic heterocycles. The molecule has 1 aliphatic rings. The summed E-state index contributed by atoms with van der Waals surface area (Å²) in [5.41, 5.74) is 3.53. The number of hydrogen-bond acceptors (Lipinski definition) is 4. The summed E-state index contributed by atoms with van der Waals surface area (Å²) >= 11 is 1.66. The Hall–Kier alpha value is -1.46. The average molecular weight is 374 g/mol. The van der Waals surface area contributed by atoms with Crippen LogP contribution in [-0.4, -0.2) is 42.0 Å². The van der Waals surface area contributed by atoms with Gasteiger partial charge in [0.05, 0.1) is 10.2 Å². The molecule has 0 spiro atoms. The van der Waals surface area contributed by atoms with Gasteiger partial charge in [0.15, 0.2) is 5.13 Å². The maximum atomic E-state index is 13.2. The number of amides is 1. The van der Waals surface area contributed by atoms with Gasteiger partial charge >= 0.3 is 0 Å². The molecule has 142 valence electrons. The number of hydrogen-bond donors (Lipinski definition) is 0. The molecular formula is C21H31N3OS.